The maximum Gasteiger partial charge on any atom is 0.251 e. The van der Waals surface area contributed by atoms with Crippen molar-refractivity contribution in [2.24, 2.45) is 0 Å². The predicted molar refractivity (Wildman–Crippen MR) is 122 cm³/mol. The Morgan fingerprint density at radius 3 is 2.39 bits per heavy atom. The third kappa shape index (κ3) is 4.98. The van der Waals surface area contributed by atoms with E-state index in [9.17, 15) is 9.59 Å². The maximum atomic E-state index is 12.6. The lowest BCUT2D eigenvalue weighted by atomic mass is 10.1. The van der Waals surface area contributed by atoms with Crippen LogP contribution in [-0.2, 0) is 17.8 Å². The van der Waals surface area contributed by atoms with Crippen molar-refractivity contribution < 1.29 is 9.59 Å². The molecule has 4 rings (SSSR count). The normalized spacial score (nSPS) is 10.7. The second kappa shape index (κ2) is 9.26. The molecule has 31 heavy (non-hydrogen) atoms. The summed E-state index contributed by atoms with van der Waals surface area (Å²) in [6, 6.07) is 24.6. The zero-order valence-electron chi connectivity index (χ0n) is 17.3. The minimum Gasteiger partial charge on any atom is -0.352 e. The Morgan fingerprint density at radius 1 is 0.903 bits per heavy atom. The van der Waals surface area contributed by atoms with Gasteiger partial charge >= 0.3 is 0 Å². The fourth-order valence-electron chi connectivity index (χ4n) is 3.45. The van der Waals surface area contributed by atoms with Crippen LogP contribution in [0.1, 0.15) is 21.7 Å². The lowest BCUT2D eigenvalue weighted by Gasteiger charge is -2.11. The Bertz CT molecular complexity index is 1200. The number of fused-ring (bicyclic) bond motifs is 1. The number of rotatable bonds is 7. The van der Waals surface area contributed by atoms with Crippen LogP contribution in [0, 0.1) is 6.92 Å². The average Bonchev–Trinajstić information content (AvgIpc) is 3.12. The zero-order chi connectivity index (χ0) is 21.6. The number of imidazole rings is 1. The molecule has 0 radical (unpaired) electrons. The predicted octanol–water partition coefficient (Wildman–Crippen LogP) is 3.96. The lowest BCUT2D eigenvalue weighted by molar-refractivity contribution is -0.116. The third-order valence-corrected chi connectivity index (χ3v) is 5.04. The molecule has 0 aliphatic carbocycles. The number of amides is 2. The van der Waals surface area contributed by atoms with Crippen molar-refractivity contribution in [1.29, 1.82) is 0 Å². The summed E-state index contributed by atoms with van der Waals surface area (Å²) in [5.74, 6) is 0.511. The van der Waals surface area contributed by atoms with Gasteiger partial charge in [0, 0.05) is 24.2 Å². The number of para-hydroxylation sites is 3. The van der Waals surface area contributed by atoms with E-state index in [4.69, 9.17) is 0 Å². The molecule has 0 aliphatic heterocycles. The molecule has 3 aromatic carbocycles. The van der Waals surface area contributed by atoms with Crippen molar-refractivity contribution in [1.82, 2.24) is 14.9 Å². The highest BCUT2D eigenvalue weighted by Gasteiger charge is 2.14. The van der Waals surface area contributed by atoms with Crippen molar-refractivity contribution in [2.45, 2.75) is 19.9 Å². The van der Waals surface area contributed by atoms with Gasteiger partial charge in [0.05, 0.1) is 11.0 Å². The lowest BCUT2D eigenvalue weighted by Crippen LogP contribution is -2.27. The van der Waals surface area contributed by atoms with Gasteiger partial charge in [0.2, 0.25) is 5.91 Å². The molecule has 156 valence electrons. The highest BCUT2D eigenvalue weighted by atomic mass is 16.2. The van der Waals surface area contributed by atoms with Gasteiger partial charge < -0.3 is 15.2 Å². The topological polar surface area (TPSA) is 76.0 Å². The van der Waals surface area contributed by atoms with Gasteiger partial charge in [0.25, 0.3) is 5.91 Å². The quantitative estimate of drug-likeness (QED) is 0.482. The monoisotopic (exact) mass is 412 g/mol. The molecule has 0 atom stereocenters. The molecule has 6 nitrogen and oxygen atoms in total. The standard InChI is InChI=1S/C25H24N4O2/c1-18-11-13-19(14-12-18)25(31)26-16-15-23-28-21-9-5-6-10-22(21)29(23)17-24(30)27-20-7-3-2-4-8-20/h2-14H,15-17H2,1H3,(H,26,31)(H,27,30). The van der Waals surface area contributed by atoms with E-state index in [2.05, 4.69) is 15.6 Å². The van der Waals surface area contributed by atoms with Crippen molar-refractivity contribution in [2.75, 3.05) is 11.9 Å². The maximum absolute atomic E-state index is 12.6. The van der Waals surface area contributed by atoms with Crippen LogP contribution in [0.15, 0.2) is 78.9 Å². The molecule has 0 fully saturated rings. The SMILES string of the molecule is Cc1ccc(C(=O)NCCc2nc3ccccc3n2CC(=O)Nc2ccccc2)cc1. The Morgan fingerprint density at radius 2 is 1.61 bits per heavy atom. The molecule has 0 aliphatic rings. The number of nitrogens with one attached hydrogen (secondary N) is 2. The molecule has 1 aromatic heterocycles. The van der Waals surface area contributed by atoms with E-state index in [1.54, 1.807) is 0 Å². The minimum atomic E-state index is -0.126. The van der Waals surface area contributed by atoms with E-state index in [0.29, 0.717) is 18.5 Å². The fourth-order valence-corrected chi connectivity index (χ4v) is 3.45. The number of anilines is 1. The Hall–Kier alpha value is -3.93. The van der Waals surface area contributed by atoms with Crippen molar-refractivity contribution in [3.63, 3.8) is 0 Å². The smallest absolute Gasteiger partial charge is 0.251 e. The van der Waals surface area contributed by atoms with Crippen molar-refractivity contribution in [3.8, 4) is 0 Å². The van der Waals surface area contributed by atoms with Crippen molar-refractivity contribution >= 4 is 28.5 Å². The molecule has 2 amide bonds. The summed E-state index contributed by atoms with van der Waals surface area (Å²) < 4.78 is 1.91. The van der Waals surface area contributed by atoms with Gasteiger partial charge in [-0.2, -0.15) is 0 Å². The molecule has 0 saturated heterocycles. The molecule has 2 N–H and O–H groups in total. The summed E-state index contributed by atoms with van der Waals surface area (Å²) in [6.07, 6.45) is 0.519. The summed E-state index contributed by atoms with van der Waals surface area (Å²) in [5, 5.41) is 5.85. The molecule has 6 heteroatoms. The number of aryl methyl sites for hydroxylation is 1. The van der Waals surface area contributed by atoms with Crippen molar-refractivity contribution in [3.05, 3.63) is 95.8 Å². The zero-order valence-corrected chi connectivity index (χ0v) is 17.3. The van der Waals surface area contributed by atoms with E-state index >= 15 is 0 Å². The van der Waals surface area contributed by atoms with Crippen LogP contribution in [0.4, 0.5) is 5.69 Å². The van der Waals surface area contributed by atoms with Gasteiger partial charge in [-0.1, -0.05) is 48.0 Å². The number of nitrogens with zero attached hydrogens (tertiary/aromatic N) is 2. The van der Waals surface area contributed by atoms with E-state index in [1.807, 2.05) is 90.4 Å². The van der Waals surface area contributed by atoms with Crippen LogP contribution in [-0.4, -0.2) is 27.9 Å². The summed E-state index contributed by atoms with van der Waals surface area (Å²) in [6.45, 7) is 2.56. The number of benzene rings is 3. The first-order valence-corrected chi connectivity index (χ1v) is 10.2. The molecule has 0 saturated carbocycles. The van der Waals surface area contributed by atoms with Crippen LogP contribution >= 0.6 is 0 Å². The molecule has 0 bridgehead atoms. The molecule has 1 heterocycles. The molecule has 0 unspecified atom stereocenters. The van der Waals surface area contributed by atoms with Gasteiger partial charge in [0.15, 0.2) is 0 Å². The first-order chi connectivity index (χ1) is 15.1. The van der Waals surface area contributed by atoms with Gasteiger partial charge in [-0.3, -0.25) is 9.59 Å². The average molecular weight is 412 g/mol. The number of aromatic nitrogens is 2. The molecule has 0 spiro atoms. The second-order valence-corrected chi connectivity index (χ2v) is 7.39. The Kier molecular flexibility index (Phi) is 6.08. The van der Waals surface area contributed by atoms with Gasteiger partial charge in [-0.05, 0) is 43.3 Å². The van der Waals surface area contributed by atoms with Crippen LogP contribution in [0.2, 0.25) is 0 Å². The number of carbonyl (C=O) groups is 2. The molecular formula is C25H24N4O2. The molecular weight excluding hydrogens is 388 g/mol. The summed E-state index contributed by atoms with van der Waals surface area (Å²) in [5.41, 5.74) is 4.21. The third-order valence-electron chi connectivity index (χ3n) is 5.04. The largest absolute Gasteiger partial charge is 0.352 e. The number of hydrogen-bond acceptors (Lipinski definition) is 3. The van der Waals surface area contributed by atoms with Crippen LogP contribution < -0.4 is 10.6 Å². The highest BCUT2D eigenvalue weighted by molar-refractivity contribution is 5.94. The Balaban J connectivity index is 1.46. The van der Waals surface area contributed by atoms with E-state index in [-0.39, 0.29) is 18.4 Å². The summed E-state index contributed by atoms with van der Waals surface area (Å²) >= 11 is 0. The van der Waals surface area contributed by atoms with Crippen LogP contribution in [0.3, 0.4) is 0 Å². The first-order valence-electron chi connectivity index (χ1n) is 10.2. The number of carbonyl (C=O) groups excluding carboxylic acids is 2. The van der Waals surface area contributed by atoms with Gasteiger partial charge in [0.1, 0.15) is 12.4 Å². The fraction of sp³-hybridized carbons (Fsp3) is 0.160. The Labute approximate surface area is 180 Å². The van der Waals surface area contributed by atoms with E-state index < -0.39 is 0 Å². The van der Waals surface area contributed by atoms with E-state index in [1.165, 1.54) is 0 Å². The van der Waals surface area contributed by atoms with Crippen LogP contribution in [0.25, 0.3) is 11.0 Å². The second-order valence-electron chi connectivity index (χ2n) is 7.39. The first kappa shape index (κ1) is 20.3. The minimum absolute atomic E-state index is 0.121. The highest BCUT2D eigenvalue weighted by Crippen LogP contribution is 2.17. The van der Waals surface area contributed by atoms with E-state index in [0.717, 1.165) is 28.1 Å². The van der Waals surface area contributed by atoms with Gasteiger partial charge in [-0.25, -0.2) is 4.98 Å². The number of hydrogen-bond donors (Lipinski definition) is 2. The van der Waals surface area contributed by atoms with Crippen LogP contribution in [0.5, 0.6) is 0 Å². The molecule has 4 aromatic rings. The van der Waals surface area contributed by atoms with Gasteiger partial charge in [-0.15, -0.1) is 0 Å². The summed E-state index contributed by atoms with van der Waals surface area (Å²) in [7, 11) is 0. The summed E-state index contributed by atoms with van der Waals surface area (Å²) in [4.78, 5) is 29.7.